The van der Waals surface area contributed by atoms with Gasteiger partial charge in [0, 0.05) is 13.0 Å². The van der Waals surface area contributed by atoms with Crippen molar-refractivity contribution in [1.82, 2.24) is 0 Å². The van der Waals surface area contributed by atoms with E-state index in [9.17, 15) is 4.79 Å². The Labute approximate surface area is 278 Å². The molecular weight excluding hydrogens is 572 g/mol. The molecular formula is C37H74O8. The van der Waals surface area contributed by atoms with Crippen LogP contribution in [0.2, 0.25) is 0 Å². The Morgan fingerprint density at radius 1 is 0.311 bits per heavy atom. The molecule has 0 radical (unpaired) electrons. The van der Waals surface area contributed by atoms with E-state index in [4.69, 9.17) is 33.2 Å². The maximum atomic E-state index is 11.5. The summed E-state index contributed by atoms with van der Waals surface area (Å²) in [5, 5.41) is 0. The molecule has 0 amide bonds. The Kier molecular flexibility index (Phi) is 40.5. The van der Waals surface area contributed by atoms with Gasteiger partial charge in [0.2, 0.25) is 0 Å². The Balaban J connectivity index is 3.07. The van der Waals surface area contributed by atoms with E-state index in [0.29, 0.717) is 85.7 Å². The van der Waals surface area contributed by atoms with Crippen LogP contribution in [0.25, 0.3) is 0 Å². The predicted octanol–water partition coefficient (Wildman–Crippen LogP) is 8.86. The van der Waals surface area contributed by atoms with Crippen molar-refractivity contribution in [2.45, 2.75) is 149 Å². The zero-order chi connectivity index (χ0) is 32.6. The summed E-state index contributed by atoms with van der Waals surface area (Å²) < 4.78 is 38.3. The lowest BCUT2D eigenvalue weighted by Crippen LogP contribution is -2.15. The number of hydrogen-bond donors (Lipinski definition) is 0. The summed E-state index contributed by atoms with van der Waals surface area (Å²) in [6, 6.07) is 0. The fourth-order valence-corrected chi connectivity index (χ4v) is 4.94. The molecule has 270 valence electrons. The summed E-state index contributed by atoms with van der Waals surface area (Å²) in [5.74, 6) is -0.139. The molecule has 0 fully saturated rings. The van der Waals surface area contributed by atoms with Crippen LogP contribution >= 0.6 is 0 Å². The summed E-state index contributed by atoms with van der Waals surface area (Å²) in [5.41, 5.74) is 0. The van der Waals surface area contributed by atoms with Gasteiger partial charge in [0.1, 0.15) is 6.61 Å². The van der Waals surface area contributed by atoms with Gasteiger partial charge in [-0.2, -0.15) is 0 Å². The molecule has 0 aromatic rings. The molecule has 8 nitrogen and oxygen atoms in total. The van der Waals surface area contributed by atoms with Gasteiger partial charge in [0.25, 0.3) is 0 Å². The number of hydrogen-bond acceptors (Lipinski definition) is 8. The van der Waals surface area contributed by atoms with Crippen molar-refractivity contribution in [2.75, 3.05) is 85.9 Å². The van der Waals surface area contributed by atoms with E-state index in [1.165, 1.54) is 103 Å². The largest absolute Gasteiger partial charge is 0.463 e. The van der Waals surface area contributed by atoms with Gasteiger partial charge in [-0.1, -0.05) is 129 Å². The second-order valence-electron chi connectivity index (χ2n) is 12.0. The number of ether oxygens (including phenoxy) is 7. The summed E-state index contributed by atoms with van der Waals surface area (Å²) in [7, 11) is 0. The van der Waals surface area contributed by atoms with Crippen LogP contribution in [0.1, 0.15) is 149 Å². The van der Waals surface area contributed by atoms with Crippen molar-refractivity contribution < 1.29 is 38.0 Å². The van der Waals surface area contributed by atoms with Gasteiger partial charge in [-0.25, -0.2) is 0 Å². The van der Waals surface area contributed by atoms with E-state index in [2.05, 4.69) is 13.8 Å². The average molecular weight is 647 g/mol. The van der Waals surface area contributed by atoms with Gasteiger partial charge in [0.15, 0.2) is 0 Å². The quantitative estimate of drug-likeness (QED) is 0.0482. The van der Waals surface area contributed by atoms with Crippen molar-refractivity contribution in [1.29, 1.82) is 0 Å². The van der Waals surface area contributed by atoms with Gasteiger partial charge in [-0.3, -0.25) is 4.79 Å². The molecule has 8 heteroatoms. The first kappa shape index (κ1) is 44.2. The highest BCUT2D eigenvalue weighted by atomic mass is 16.6. The third-order valence-corrected chi connectivity index (χ3v) is 7.73. The molecule has 0 saturated carbocycles. The molecule has 0 bridgehead atoms. The fraction of sp³-hybridized carbons (Fsp3) is 0.973. The fourth-order valence-electron chi connectivity index (χ4n) is 4.94. The van der Waals surface area contributed by atoms with Crippen molar-refractivity contribution in [3.8, 4) is 0 Å². The number of carbonyl (C=O) groups is 1. The van der Waals surface area contributed by atoms with Gasteiger partial charge < -0.3 is 33.2 Å². The van der Waals surface area contributed by atoms with Crippen molar-refractivity contribution in [2.24, 2.45) is 0 Å². The maximum absolute atomic E-state index is 11.5. The highest BCUT2D eigenvalue weighted by Crippen LogP contribution is 2.13. The van der Waals surface area contributed by atoms with Crippen molar-refractivity contribution in [3.05, 3.63) is 0 Å². The highest BCUT2D eigenvalue weighted by Gasteiger charge is 2.02. The standard InChI is InChI=1S/C37H74O8/c1-3-5-7-9-10-11-12-13-14-15-16-17-18-19-20-22-24-39-25-26-40-27-28-41-29-30-42-31-32-43-33-34-44-35-36-45-37(38)23-21-8-6-4-2/h3-36H2,1-2H3. The van der Waals surface area contributed by atoms with Crippen LogP contribution in [0.15, 0.2) is 0 Å². The third kappa shape index (κ3) is 41.2. The van der Waals surface area contributed by atoms with E-state index in [1.807, 2.05) is 0 Å². The van der Waals surface area contributed by atoms with Gasteiger partial charge in [0.05, 0.1) is 72.7 Å². The minimum atomic E-state index is -0.139. The molecule has 0 aliphatic carbocycles. The lowest BCUT2D eigenvalue weighted by Gasteiger charge is -2.08. The first-order valence-corrected chi connectivity index (χ1v) is 18.9. The van der Waals surface area contributed by atoms with Crippen LogP contribution in [-0.4, -0.2) is 91.9 Å². The molecule has 0 heterocycles. The van der Waals surface area contributed by atoms with Crippen LogP contribution in [0.4, 0.5) is 0 Å². The lowest BCUT2D eigenvalue weighted by molar-refractivity contribution is -0.145. The van der Waals surface area contributed by atoms with Gasteiger partial charge in [-0.15, -0.1) is 0 Å². The molecule has 0 atom stereocenters. The monoisotopic (exact) mass is 647 g/mol. The number of carbonyl (C=O) groups excluding carboxylic acids is 1. The van der Waals surface area contributed by atoms with Crippen LogP contribution in [-0.2, 0) is 38.0 Å². The number of rotatable bonds is 40. The van der Waals surface area contributed by atoms with Crippen molar-refractivity contribution in [3.63, 3.8) is 0 Å². The topological polar surface area (TPSA) is 81.7 Å². The molecule has 0 N–H and O–H groups in total. The van der Waals surface area contributed by atoms with E-state index in [-0.39, 0.29) is 5.97 Å². The van der Waals surface area contributed by atoms with E-state index in [0.717, 1.165) is 32.3 Å². The molecule has 0 saturated heterocycles. The van der Waals surface area contributed by atoms with Crippen molar-refractivity contribution >= 4 is 5.97 Å². The lowest BCUT2D eigenvalue weighted by atomic mass is 10.0. The zero-order valence-electron chi connectivity index (χ0n) is 29.8. The predicted molar refractivity (Wildman–Crippen MR) is 184 cm³/mol. The Bertz CT molecular complexity index is 549. The van der Waals surface area contributed by atoms with Gasteiger partial charge in [-0.05, 0) is 12.8 Å². The molecule has 0 aliphatic rings. The average Bonchev–Trinajstić information content (AvgIpc) is 3.05. The molecule has 0 aromatic heterocycles. The third-order valence-electron chi connectivity index (χ3n) is 7.73. The Morgan fingerprint density at radius 2 is 0.578 bits per heavy atom. The zero-order valence-corrected chi connectivity index (χ0v) is 29.8. The number of esters is 1. The number of unbranched alkanes of at least 4 members (excludes halogenated alkanes) is 18. The van der Waals surface area contributed by atoms with E-state index < -0.39 is 0 Å². The first-order valence-electron chi connectivity index (χ1n) is 18.9. The SMILES string of the molecule is CCCCCCCCCCCCCCCCCCOCCOCCOCCOCCOCCOCCOC(=O)CCCCCC. The Hall–Kier alpha value is -0.770. The summed E-state index contributed by atoms with van der Waals surface area (Å²) in [6.07, 6.45) is 27.0. The minimum Gasteiger partial charge on any atom is -0.463 e. The smallest absolute Gasteiger partial charge is 0.305 e. The highest BCUT2D eigenvalue weighted by molar-refractivity contribution is 5.69. The second kappa shape index (κ2) is 41.3. The molecule has 45 heavy (non-hydrogen) atoms. The van der Waals surface area contributed by atoms with Crippen LogP contribution in [0, 0.1) is 0 Å². The van der Waals surface area contributed by atoms with Gasteiger partial charge >= 0.3 is 5.97 Å². The molecule has 0 rings (SSSR count). The summed E-state index contributed by atoms with van der Waals surface area (Å²) >= 11 is 0. The minimum absolute atomic E-state index is 0.139. The molecule has 0 unspecified atom stereocenters. The molecule has 0 aliphatic heterocycles. The van der Waals surface area contributed by atoms with Crippen LogP contribution in [0.5, 0.6) is 0 Å². The second-order valence-corrected chi connectivity index (χ2v) is 12.0. The summed E-state index contributed by atoms with van der Waals surface area (Å²) in [6.45, 7) is 11.4. The Morgan fingerprint density at radius 3 is 0.933 bits per heavy atom. The first-order chi connectivity index (χ1) is 22.3. The normalized spacial score (nSPS) is 11.4. The summed E-state index contributed by atoms with van der Waals surface area (Å²) in [4.78, 5) is 11.5. The maximum Gasteiger partial charge on any atom is 0.305 e. The van der Waals surface area contributed by atoms with Crippen LogP contribution in [0.3, 0.4) is 0 Å². The van der Waals surface area contributed by atoms with E-state index in [1.54, 1.807) is 0 Å². The molecule has 0 aromatic carbocycles. The molecule has 0 spiro atoms. The van der Waals surface area contributed by atoms with Crippen LogP contribution < -0.4 is 0 Å². The van der Waals surface area contributed by atoms with E-state index >= 15 is 0 Å².